The van der Waals surface area contributed by atoms with E-state index in [2.05, 4.69) is 10.1 Å². The molecule has 1 aliphatic rings. The smallest absolute Gasteiger partial charge is 0.409 e. The number of benzene rings is 1. The van der Waals surface area contributed by atoms with E-state index >= 15 is 0 Å². The van der Waals surface area contributed by atoms with Crippen molar-refractivity contribution in [3.05, 3.63) is 29.8 Å². The summed E-state index contributed by atoms with van der Waals surface area (Å²) in [6.07, 6.45) is 0.886. The first-order valence-electron chi connectivity index (χ1n) is 7.99. The number of carbonyl (C=O) groups excluding carboxylic acids is 2. The number of nitrogens with zero attached hydrogens (tertiary/aromatic N) is 1. The quantitative estimate of drug-likeness (QED) is 0.829. The van der Waals surface area contributed by atoms with E-state index in [4.69, 9.17) is 0 Å². The number of alkyl halides is 2. The van der Waals surface area contributed by atoms with Gasteiger partial charge in [0.25, 0.3) is 5.91 Å². The van der Waals surface area contributed by atoms with Crippen LogP contribution in [0.3, 0.4) is 0 Å². The van der Waals surface area contributed by atoms with Gasteiger partial charge in [-0.05, 0) is 30.9 Å². The van der Waals surface area contributed by atoms with E-state index in [1.165, 1.54) is 25.3 Å². The van der Waals surface area contributed by atoms with Crippen molar-refractivity contribution in [2.24, 2.45) is 5.92 Å². The Morgan fingerprint density at radius 3 is 2.46 bits per heavy atom. The van der Waals surface area contributed by atoms with Crippen molar-refractivity contribution < 1.29 is 31.5 Å². The van der Waals surface area contributed by atoms with E-state index in [-0.39, 0.29) is 18.0 Å². The molecular formula is C16H20F2N2O5S. The van der Waals surface area contributed by atoms with E-state index in [1.54, 1.807) is 4.90 Å². The molecule has 0 aliphatic carbocycles. The summed E-state index contributed by atoms with van der Waals surface area (Å²) in [5.41, 5.74) is -0.306. The minimum Gasteiger partial charge on any atom is -0.453 e. The van der Waals surface area contributed by atoms with Crippen LogP contribution in [0.1, 0.15) is 23.2 Å². The first-order chi connectivity index (χ1) is 12.3. The number of likely N-dealkylation sites (tertiary alicyclic amines) is 1. The number of rotatable bonds is 5. The van der Waals surface area contributed by atoms with Gasteiger partial charge in [-0.3, -0.25) is 4.79 Å². The third kappa shape index (κ3) is 4.48. The molecule has 1 aliphatic heterocycles. The van der Waals surface area contributed by atoms with Gasteiger partial charge in [0.1, 0.15) is 0 Å². The Balaban J connectivity index is 1.99. The lowest BCUT2D eigenvalue weighted by Crippen LogP contribution is -2.41. The van der Waals surface area contributed by atoms with E-state index < -0.39 is 32.5 Å². The van der Waals surface area contributed by atoms with Crippen LogP contribution in [0.15, 0.2) is 29.2 Å². The standard InChI is InChI=1S/C16H20F2N2O5S/c1-25-16(22)20-8-6-11(7-9-20)10-19-14(21)12-4-2-3-5-13(12)26(23,24)15(17)18/h2-5,11,15H,6-10H2,1H3,(H,19,21). The van der Waals surface area contributed by atoms with E-state index in [0.717, 1.165) is 6.07 Å². The molecule has 0 unspecified atom stereocenters. The molecule has 1 aromatic rings. The molecule has 7 nitrogen and oxygen atoms in total. The van der Waals surface area contributed by atoms with Crippen LogP contribution in [0, 0.1) is 5.92 Å². The Morgan fingerprint density at radius 2 is 1.88 bits per heavy atom. The lowest BCUT2D eigenvalue weighted by Gasteiger charge is -2.30. The number of sulfone groups is 1. The third-order valence-electron chi connectivity index (χ3n) is 4.27. The van der Waals surface area contributed by atoms with Gasteiger partial charge in [-0.15, -0.1) is 0 Å². The number of hydrogen-bond acceptors (Lipinski definition) is 5. The predicted molar refractivity (Wildman–Crippen MR) is 88.7 cm³/mol. The van der Waals surface area contributed by atoms with E-state index in [0.29, 0.717) is 25.9 Å². The highest BCUT2D eigenvalue weighted by molar-refractivity contribution is 7.91. The maximum absolute atomic E-state index is 12.8. The predicted octanol–water partition coefficient (Wildman–Crippen LogP) is 1.89. The van der Waals surface area contributed by atoms with Gasteiger partial charge in [0.05, 0.1) is 17.6 Å². The van der Waals surface area contributed by atoms with E-state index in [9.17, 15) is 26.8 Å². The topological polar surface area (TPSA) is 92.8 Å². The zero-order valence-corrected chi connectivity index (χ0v) is 15.0. The Labute approximate surface area is 150 Å². The number of carbonyl (C=O) groups is 2. The van der Waals surface area contributed by atoms with Crippen LogP contribution in [0.4, 0.5) is 13.6 Å². The summed E-state index contributed by atoms with van der Waals surface area (Å²) in [6, 6.07) is 4.89. The van der Waals surface area contributed by atoms with Crippen LogP contribution < -0.4 is 5.32 Å². The van der Waals surface area contributed by atoms with Crippen molar-refractivity contribution in [1.82, 2.24) is 10.2 Å². The molecule has 0 radical (unpaired) electrons. The fraction of sp³-hybridized carbons (Fsp3) is 0.500. The highest BCUT2D eigenvalue weighted by atomic mass is 32.2. The lowest BCUT2D eigenvalue weighted by molar-refractivity contribution is 0.0911. The fourth-order valence-electron chi connectivity index (χ4n) is 2.78. The number of piperidine rings is 1. The maximum Gasteiger partial charge on any atom is 0.409 e. The Bertz CT molecular complexity index is 762. The number of halogens is 2. The van der Waals surface area contributed by atoms with Crippen LogP contribution in [0.25, 0.3) is 0 Å². The van der Waals surface area contributed by atoms with Gasteiger partial charge >= 0.3 is 11.9 Å². The Kier molecular flexibility index (Phi) is 6.52. The monoisotopic (exact) mass is 390 g/mol. The van der Waals surface area contributed by atoms with Crippen molar-refractivity contribution in [2.75, 3.05) is 26.7 Å². The van der Waals surface area contributed by atoms with Crippen molar-refractivity contribution in [1.29, 1.82) is 0 Å². The zero-order valence-electron chi connectivity index (χ0n) is 14.2. The number of nitrogens with one attached hydrogen (secondary N) is 1. The normalized spacial score (nSPS) is 15.8. The van der Waals surface area contributed by atoms with Crippen molar-refractivity contribution in [2.45, 2.75) is 23.5 Å². The van der Waals surface area contributed by atoms with Crippen LogP contribution in [-0.2, 0) is 14.6 Å². The molecule has 1 fully saturated rings. The Morgan fingerprint density at radius 1 is 1.27 bits per heavy atom. The Hall–Kier alpha value is -2.23. The summed E-state index contributed by atoms with van der Waals surface area (Å²) in [6.45, 7) is 1.24. The molecule has 0 atom stereocenters. The van der Waals surface area contributed by atoms with Crippen LogP contribution in [0.5, 0.6) is 0 Å². The van der Waals surface area contributed by atoms with Crippen LogP contribution in [-0.4, -0.2) is 57.8 Å². The highest BCUT2D eigenvalue weighted by Crippen LogP contribution is 2.22. The maximum atomic E-state index is 12.8. The molecule has 0 bridgehead atoms. The molecule has 2 amide bonds. The van der Waals surface area contributed by atoms with Gasteiger partial charge in [-0.2, -0.15) is 8.78 Å². The summed E-state index contributed by atoms with van der Waals surface area (Å²) in [4.78, 5) is 24.6. The number of hydrogen-bond donors (Lipinski definition) is 1. The lowest BCUT2D eigenvalue weighted by atomic mass is 9.97. The molecule has 1 heterocycles. The van der Waals surface area contributed by atoms with Crippen LogP contribution >= 0.6 is 0 Å². The molecule has 0 saturated carbocycles. The molecule has 2 rings (SSSR count). The summed E-state index contributed by atoms with van der Waals surface area (Å²) in [7, 11) is -3.56. The van der Waals surface area contributed by atoms with Crippen molar-refractivity contribution >= 4 is 21.8 Å². The molecule has 144 valence electrons. The molecule has 1 aromatic carbocycles. The molecule has 26 heavy (non-hydrogen) atoms. The average Bonchev–Trinajstić information content (AvgIpc) is 2.65. The minimum atomic E-state index is -4.87. The van der Waals surface area contributed by atoms with Gasteiger partial charge in [-0.25, -0.2) is 13.2 Å². The second kappa shape index (κ2) is 8.43. The number of ether oxygens (including phenoxy) is 1. The highest BCUT2D eigenvalue weighted by Gasteiger charge is 2.31. The number of amides is 2. The van der Waals surface area contributed by atoms with Crippen molar-refractivity contribution in [3.63, 3.8) is 0 Å². The number of methoxy groups -OCH3 is 1. The first kappa shape index (κ1) is 20.1. The third-order valence-corrected chi connectivity index (χ3v) is 5.71. The summed E-state index contributed by atoms with van der Waals surface area (Å²) >= 11 is 0. The second-order valence-corrected chi connectivity index (χ2v) is 7.80. The van der Waals surface area contributed by atoms with E-state index in [1.807, 2.05) is 0 Å². The molecular weight excluding hydrogens is 370 g/mol. The average molecular weight is 390 g/mol. The summed E-state index contributed by atoms with van der Waals surface area (Å²) < 4.78 is 53.6. The zero-order chi connectivity index (χ0) is 19.3. The second-order valence-electron chi connectivity index (χ2n) is 5.91. The molecule has 1 saturated heterocycles. The molecule has 0 aromatic heterocycles. The van der Waals surface area contributed by atoms with Crippen molar-refractivity contribution in [3.8, 4) is 0 Å². The van der Waals surface area contributed by atoms with Gasteiger partial charge in [0.15, 0.2) is 0 Å². The first-order valence-corrected chi connectivity index (χ1v) is 9.54. The summed E-state index contributed by atoms with van der Waals surface area (Å²) in [5, 5.41) is 2.60. The largest absolute Gasteiger partial charge is 0.453 e. The van der Waals surface area contributed by atoms with Gasteiger partial charge in [0, 0.05) is 19.6 Å². The van der Waals surface area contributed by atoms with Crippen LogP contribution in [0.2, 0.25) is 0 Å². The SMILES string of the molecule is COC(=O)N1CCC(CNC(=O)c2ccccc2S(=O)(=O)C(F)F)CC1. The molecule has 0 spiro atoms. The fourth-order valence-corrected chi connectivity index (χ4v) is 3.71. The molecule has 10 heteroatoms. The summed E-state index contributed by atoms with van der Waals surface area (Å²) in [5.74, 6) is -4.22. The minimum absolute atomic E-state index is 0.0960. The van der Waals surface area contributed by atoms with Gasteiger partial charge in [0.2, 0.25) is 9.84 Å². The van der Waals surface area contributed by atoms with Gasteiger partial charge in [-0.1, -0.05) is 12.1 Å². The van der Waals surface area contributed by atoms with Gasteiger partial charge < -0.3 is 15.0 Å². The molecule has 1 N–H and O–H groups in total.